The molecule has 94 valence electrons. The molecule has 1 heterocycles. The Morgan fingerprint density at radius 2 is 1.83 bits per heavy atom. The molecule has 7 nitrogen and oxygen atoms in total. The number of anilines is 3. The molecule has 0 saturated carbocycles. The van der Waals surface area contributed by atoms with Crippen molar-refractivity contribution in [2.75, 3.05) is 11.1 Å². The van der Waals surface area contributed by atoms with E-state index in [1.165, 1.54) is 18.3 Å². The SMILES string of the molecule is Nc1ccnc(Nc2ccc([As](=O)(O)O)cc2)n1. The predicted octanol–water partition coefficient (Wildman–Crippen LogP) is -0.637. The van der Waals surface area contributed by atoms with E-state index in [0.29, 0.717) is 17.5 Å². The van der Waals surface area contributed by atoms with Crippen LogP contribution in [-0.4, -0.2) is 32.3 Å². The van der Waals surface area contributed by atoms with Crippen LogP contribution in [0, 0.1) is 0 Å². The summed E-state index contributed by atoms with van der Waals surface area (Å²) in [5.74, 6) is 0.659. The van der Waals surface area contributed by atoms with E-state index in [1.54, 1.807) is 18.2 Å². The number of benzene rings is 1. The number of hydrogen-bond donors (Lipinski definition) is 4. The molecule has 0 aliphatic rings. The maximum atomic E-state index is 11.0. The Hall–Kier alpha value is -1.82. The Bertz CT molecular complexity index is 596. The van der Waals surface area contributed by atoms with E-state index in [4.69, 9.17) is 13.9 Å². The molecular weight excluding hydrogens is 299 g/mol. The maximum absolute atomic E-state index is 11.0. The number of nitrogens with two attached hydrogens (primary N) is 1. The van der Waals surface area contributed by atoms with Gasteiger partial charge in [-0.2, -0.15) is 0 Å². The van der Waals surface area contributed by atoms with Gasteiger partial charge in [-0.3, -0.25) is 0 Å². The van der Waals surface area contributed by atoms with E-state index < -0.39 is 14.2 Å². The van der Waals surface area contributed by atoms with Crippen molar-refractivity contribution in [1.82, 2.24) is 9.97 Å². The van der Waals surface area contributed by atoms with Gasteiger partial charge in [0.15, 0.2) is 0 Å². The van der Waals surface area contributed by atoms with Crippen molar-refractivity contribution in [1.29, 1.82) is 0 Å². The summed E-state index contributed by atoms with van der Waals surface area (Å²) in [6, 6.07) is 7.39. The van der Waals surface area contributed by atoms with Gasteiger partial charge in [0.1, 0.15) is 0 Å². The van der Waals surface area contributed by atoms with Gasteiger partial charge in [-0.05, 0) is 0 Å². The fourth-order valence-corrected chi connectivity index (χ4v) is 2.43. The zero-order valence-corrected chi connectivity index (χ0v) is 11.1. The minimum atomic E-state index is -4.82. The molecule has 0 aliphatic carbocycles. The summed E-state index contributed by atoms with van der Waals surface area (Å²) in [5, 5.41) is 2.87. The van der Waals surface area contributed by atoms with Gasteiger partial charge in [-0.15, -0.1) is 0 Å². The zero-order chi connectivity index (χ0) is 13.2. The third-order valence-electron chi connectivity index (χ3n) is 2.14. The summed E-state index contributed by atoms with van der Waals surface area (Å²) in [5.41, 5.74) is 6.12. The second-order valence-corrected chi connectivity index (χ2v) is 6.89. The van der Waals surface area contributed by atoms with E-state index in [9.17, 15) is 3.74 Å². The summed E-state index contributed by atoms with van der Waals surface area (Å²) >= 11 is -4.82. The molecule has 1 aromatic carbocycles. The summed E-state index contributed by atoms with van der Waals surface area (Å²) in [7, 11) is 0. The fraction of sp³-hybridized carbons (Fsp3) is 0. The molecular formula is C10H11AsN4O3. The van der Waals surface area contributed by atoms with E-state index in [-0.39, 0.29) is 4.35 Å². The topological polar surface area (TPSA) is 121 Å². The quantitative estimate of drug-likeness (QED) is 0.557. The summed E-state index contributed by atoms with van der Waals surface area (Å²) in [6.07, 6.45) is 1.51. The standard InChI is InChI=1S/C10H11AsN4O3/c12-9-5-6-13-10(15-9)14-8-3-1-7(2-4-8)11(16,17)18/h1-6H,(H2,16,17,18)(H3,12,13,14,15). The molecule has 1 aromatic heterocycles. The Morgan fingerprint density at radius 1 is 1.17 bits per heavy atom. The molecule has 2 rings (SSSR count). The van der Waals surface area contributed by atoms with Crippen LogP contribution in [-0.2, 0) is 3.74 Å². The van der Waals surface area contributed by atoms with Crippen molar-refractivity contribution in [2.24, 2.45) is 0 Å². The number of hydrogen-bond acceptors (Lipinski definition) is 5. The third-order valence-corrected chi connectivity index (χ3v) is 4.17. The number of aromatic nitrogens is 2. The molecule has 8 heteroatoms. The number of nitrogens with zero attached hydrogens (tertiary/aromatic N) is 2. The molecule has 0 radical (unpaired) electrons. The van der Waals surface area contributed by atoms with Crippen molar-refractivity contribution in [3.63, 3.8) is 0 Å². The third kappa shape index (κ3) is 3.10. The van der Waals surface area contributed by atoms with Crippen LogP contribution >= 0.6 is 0 Å². The monoisotopic (exact) mass is 310 g/mol. The van der Waals surface area contributed by atoms with Crippen LogP contribution in [0.2, 0.25) is 0 Å². The van der Waals surface area contributed by atoms with Crippen LogP contribution in [0.25, 0.3) is 0 Å². The Kier molecular flexibility index (Phi) is 3.38. The second kappa shape index (κ2) is 4.81. The molecule has 5 N–H and O–H groups in total. The van der Waals surface area contributed by atoms with E-state index in [0.717, 1.165) is 0 Å². The first kappa shape index (κ1) is 12.6. The Labute approximate surface area is 106 Å². The fourth-order valence-electron chi connectivity index (χ4n) is 1.30. The van der Waals surface area contributed by atoms with Gasteiger partial charge in [-0.1, -0.05) is 0 Å². The molecule has 0 unspecified atom stereocenters. The molecule has 18 heavy (non-hydrogen) atoms. The predicted molar refractivity (Wildman–Crippen MR) is 66.7 cm³/mol. The minimum absolute atomic E-state index is 0.0205. The van der Waals surface area contributed by atoms with Gasteiger partial charge in [0, 0.05) is 0 Å². The normalized spacial score (nSPS) is 11.2. The number of rotatable bonds is 3. The van der Waals surface area contributed by atoms with Crippen LogP contribution < -0.4 is 15.4 Å². The molecule has 0 atom stereocenters. The van der Waals surface area contributed by atoms with Gasteiger partial charge < -0.3 is 0 Å². The Balaban J connectivity index is 2.19. The average Bonchev–Trinajstić information content (AvgIpc) is 2.28. The first-order valence-electron chi connectivity index (χ1n) is 4.97. The molecule has 0 aliphatic heterocycles. The van der Waals surface area contributed by atoms with Crippen LogP contribution in [0.5, 0.6) is 0 Å². The van der Waals surface area contributed by atoms with E-state index in [1.807, 2.05) is 0 Å². The molecule has 0 saturated heterocycles. The van der Waals surface area contributed by atoms with Crippen molar-refractivity contribution in [3.05, 3.63) is 36.5 Å². The van der Waals surface area contributed by atoms with Gasteiger partial charge >= 0.3 is 105 Å². The van der Waals surface area contributed by atoms with Crippen LogP contribution in [0.4, 0.5) is 17.5 Å². The summed E-state index contributed by atoms with van der Waals surface area (Å²) < 4.78 is 29.1. The number of nitrogen functional groups attached to an aromatic ring is 1. The van der Waals surface area contributed by atoms with Crippen LogP contribution in [0.1, 0.15) is 0 Å². The molecule has 0 amide bonds. The van der Waals surface area contributed by atoms with Crippen LogP contribution in [0.15, 0.2) is 36.5 Å². The number of nitrogens with one attached hydrogen (secondary N) is 1. The molecule has 0 bridgehead atoms. The van der Waals surface area contributed by atoms with Gasteiger partial charge in [0.2, 0.25) is 0 Å². The first-order valence-corrected chi connectivity index (χ1v) is 8.35. The van der Waals surface area contributed by atoms with Gasteiger partial charge in [0.25, 0.3) is 0 Å². The summed E-state index contributed by atoms with van der Waals surface area (Å²) in [6.45, 7) is 0. The first-order chi connectivity index (χ1) is 8.45. The van der Waals surface area contributed by atoms with Crippen LogP contribution in [0.3, 0.4) is 0 Å². The van der Waals surface area contributed by atoms with E-state index in [2.05, 4.69) is 15.3 Å². The Morgan fingerprint density at radius 3 is 2.39 bits per heavy atom. The molecule has 0 spiro atoms. The van der Waals surface area contributed by atoms with Crippen molar-refractivity contribution >= 4 is 36.0 Å². The van der Waals surface area contributed by atoms with Crippen molar-refractivity contribution in [3.8, 4) is 0 Å². The second-order valence-electron chi connectivity index (χ2n) is 3.52. The van der Waals surface area contributed by atoms with Crippen molar-refractivity contribution < 1.29 is 11.9 Å². The van der Waals surface area contributed by atoms with E-state index >= 15 is 0 Å². The van der Waals surface area contributed by atoms with Gasteiger partial charge in [0.05, 0.1) is 0 Å². The summed E-state index contributed by atoms with van der Waals surface area (Å²) in [4.78, 5) is 7.90. The average molecular weight is 310 g/mol. The van der Waals surface area contributed by atoms with Crippen molar-refractivity contribution in [2.45, 2.75) is 0 Å². The zero-order valence-electron chi connectivity index (χ0n) is 9.19. The van der Waals surface area contributed by atoms with Gasteiger partial charge in [-0.25, -0.2) is 0 Å². The molecule has 2 aromatic rings. The molecule has 0 fully saturated rings.